The van der Waals surface area contributed by atoms with E-state index in [0.29, 0.717) is 18.4 Å². The van der Waals surface area contributed by atoms with E-state index in [4.69, 9.17) is 0 Å². The largest absolute Gasteiger partial charge is 0.349 e. The fraction of sp³-hybridized carbons (Fsp3) is 0.556. The molecule has 0 atom stereocenters. The van der Waals surface area contributed by atoms with Crippen molar-refractivity contribution in [3.63, 3.8) is 0 Å². The number of likely N-dealkylation sites (tertiary alicyclic amines) is 1. The molecule has 1 aliphatic heterocycles. The number of hydrogen-bond acceptors (Lipinski definition) is 2. The molecule has 1 N–H and O–H groups in total. The number of benzene rings is 1. The van der Waals surface area contributed by atoms with Crippen molar-refractivity contribution < 1.29 is 9.59 Å². The lowest BCUT2D eigenvalue weighted by molar-refractivity contribution is -0.130. The lowest BCUT2D eigenvalue weighted by atomic mass is 9.90. The van der Waals surface area contributed by atoms with Crippen molar-refractivity contribution in [1.82, 2.24) is 10.2 Å². The van der Waals surface area contributed by atoms with Crippen LogP contribution in [-0.2, 0) is 4.79 Å². The number of amides is 2. The van der Waals surface area contributed by atoms with Gasteiger partial charge in [-0.25, -0.2) is 0 Å². The molecule has 4 heteroatoms. The van der Waals surface area contributed by atoms with Crippen LogP contribution in [0.1, 0.15) is 54.4 Å². The van der Waals surface area contributed by atoms with Crippen molar-refractivity contribution in [2.45, 2.75) is 57.5 Å². The van der Waals surface area contributed by atoms with Crippen LogP contribution >= 0.6 is 0 Å². The first-order chi connectivity index (χ1) is 10.6. The maximum Gasteiger partial charge on any atom is 0.251 e. The molecular weight excluding hydrogens is 276 g/mol. The number of nitrogens with one attached hydrogen (secondary N) is 1. The van der Waals surface area contributed by atoms with Crippen LogP contribution in [0.3, 0.4) is 0 Å². The SMILES string of the molecule is Cc1ccc(C(=O)NC2CCC(N3CCCC3=O)CC2)cc1. The van der Waals surface area contributed by atoms with E-state index < -0.39 is 0 Å². The predicted molar refractivity (Wildman–Crippen MR) is 85.6 cm³/mol. The number of carbonyl (C=O) groups is 2. The van der Waals surface area contributed by atoms with Crippen LogP contribution in [0.4, 0.5) is 0 Å². The van der Waals surface area contributed by atoms with Crippen molar-refractivity contribution >= 4 is 11.8 Å². The summed E-state index contributed by atoms with van der Waals surface area (Å²) in [4.78, 5) is 26.1. The molecule has 1 saturated carbocycles. The molecular formula is C18H24N2O2. The number of rotatable bonds is 3. The number of aryl methyl sites for hydroxylation is 1. The molecule has 0 aromatic heterocycles. The van der Waals surface area contributed by atoms with Crippen molar-refractivity contribution in [3.05, 3.63) is 35.4 Å². The fourth-order valence-electron chi connectivity index (χ4n) is 3.56. The fourth-order valence-corrected chi connectivity index (χ4v) is 3.56. The molecule has 118 valence electrons. The highest BCUT2D eigenvalue weighted by Gasteiger charge is 2.31. The van der Waals surface area contributed by atoms with Gasteiger partial charge in [0.25, 0.3) is 5.91 Å². The Labute approximate surface area is 131 Å². The van der Waals surface area contributed by atoms with Gasteiger partial charge in [0.2, 0.25) is 5.91 Å². The van der Waals surface area contributed by atoms with Crippen molar-refractivity contribution in [1.29, 1.82) is 0 Å². The van der Waals surface area contributed by atoms with Gasteiger partial charge >= 0.3 is 0 Å². The molecule has 22 heavy (non-hydrogen) atoms. The summed E-state index contributed by atoms with van der Waals surface area (Å²) in [5.41, 5.74) is 1.88. The van der Waals surface area contributed by atoms with Crippen molar-refractivity contribution in [2.75, 3.05) is 6.54 Å². The predicted octanol–water partition coefficient (Wildman–Crippen LogP) is 2.66. The van der Waals surface area contributed by atoms with Crippen LogP contribution in [0.2, 0.25) is 0 Å². The third kappa shape index (κ3) is 3.32. The quantitative estimate of drug-likeness (QED) is 0.933. The average Bonchev–Trinajstić information content (AvgIpc) is 2.95. The summed E-state index contributed by atoms with van der Waals surface area (Å²) < 4.78 is 0. The zero-order chi connectivity index (χ0) is 15.5. The Kier molecular flexibility index (Phi) is 4.46. The van der Waals surface area contributed by atoms with Gasteiger partial charge in [-0.1, -0.05) is 17.7 Å². The second-order valence-corrected chi connectivity index (χ2v) is 6.54. The Hall–Kier alpha value is -1.84. The van der Waals surface area contributed by atoms with Crippen LogP contribution in [0.25, 0.3) is 0 Å². The van der Waals surface area contributed by atoms with E-state index in [0.717, 1.165) is 49.8 Å². The minimum atomic E-state index is 0.0145. The van der Waals surface area contributed by atoms with Gasteiger partial charge in [0.1, 0.15) is 0 Å². The highest BCUT2D eigenvalue weighted by Crippen LogP contribution is 2.26. The maximum absolute atomic E-state index is 12.2. The summed E-state index contributed by atoms with van der Waals surface area (Å²) in [6.45, 7) is 2.94. The highest BCUT2D eigenvalue weighted by molar-refractivity contribution is 5.94. The second-order valence-electron chi connectivity index (χ2n) is 6.54. The van der Waals surface area contributed by atoms with Gasteiger partial charge in [0, 0.05) is 30.6 Å². The molecule has 0 radical (unpaired) electrons. The van der Waals surface area contributed by atoms with Gasteiger partial charge in [-0.05, 0) is 51.2 Å². The van der Waals surface area contributed by atoms with Crippen LogP contribution < -0.4 is 5.32 Å². The molecule has 2 amide bonds. The van der Waals surface area contributed by atoms with E-state index >= 15 is 0 Å². The molecule has 1 aromatic carbocycles. The summed E-state index contributed by atoms with van der Waals surface area (Å²) in [7, 11) is 0. The third-order valence-electron chi connectivity index (χ3n) is 4.90. The number of carbonyl (C=O) groups excluding carboxylic acids is 2. The molecule has 1 aromatic rings. The van der Waals surface area contributed by atoms with Crippen LogP contribution in [-0.4, -0.2) is 35.3 Å². The molecule has 2 aliphatic rings. The lowest BCUT2D eigenvalue weighted by Crippen LogP contribution is -2.44. The first-order valence-electron chi connectivity index (χ1n) is 8.30. The summed E-state index contributed by atoms with van der Waals surface area (Å²) in [5, 5.41) is 3.13. The van der Waals surface area contributed by atoms with E-state index in [1.165, 1.54) is 0 Å². The van der Waals surface area contributed by atoms with E-state index in [2.05, 4.69) is 10.2 Å². The van der Waals surface area contributed by atoms with Crippen LogP contribution in [0, 0.1) is 6.92 Å². The standard InChI is InChI=1S/C18H24N2O2/c1-13-4-6-14(7-5-13)18(22)19-15-8-10-16(11-9-15)20-12-2-3-17(20)21/h4-7,15-16H,2-3,8-12H2,1H3,(H,19,22). The van der Waals surface area contributed by atoms with E-state index in [9.17, 15) is 9.59 Å². The summed E-state index contributed by atoms with van der Waals surface area (Å²) in [6, 6.07) is 8.30. The molecule has 0 spiro atoms. The second kappa shape index (κ2) is 6.51. The molecule has 4 nitrogen and oxygen atoms in total. The minimum absolute atomic E-state index is 0.0145. The topological polar surface area (TPSA) is 49.4 Å². The molecule has 1 heterocycles. The first kappa shape index (κ1) is 15.1. The smallest absolute Gasteiger partial charge is 0.251 e. The zero-order valence-electron chi connectivity index (χ0n) is 13.2. The normalized spacial score (nSPS) is 25.3. The van der Waals surface area contributed by atoms with Gasteiger partial charge in [0.15, 0.2) is 0 Å². The Morgan fingerprint density at radius 2 is 1.82 bits per heavy atom. The van der Waals surface area contributed by atoms with Gasteiger partial charge < -0.3 is 10.2 Å². The van der Waals surface area contributed by atoms with Gasteiger partial charge in [-0.3, -0.25) is 9.59 Å². The van der Waals surface area contributed by atoms with Crippen molar-refractivity contribution in [2.24, 2.45) is 0 Å². The number of nitrogens with zero attached hydrogens (tertiary/aromatic N) is 1. The van der Waals surface area contributed by atoms with Crippen LogP contribution in [0.15, 0.2) is 24.3 Å². The van der Waals surface area contributed by atoms with Gasteiger partial charge in [-0.15, -0.1) is 0 Å². The highest BCUT2D eigenvalue weighted by atomic mass is 16.2. The maximum atomic E-state index is 12.2. The Bertz CT molecular complexity index is 545. The lowest BCUT2D eigenvalue weighted by Gasteiger charge is -2.34. The van der Waals surface area contributed by atoms with Gasteiger partial charge in [0.05, 0.1) is 0 Å². The Morgan fingerprint density at radius 1 is 1.14 bits per heavy atom. The van der Waals surface area contributed by atoms with Gasteiger partial charge in [-0.2, -0.15) is 0 Å². The number of hydrogen-bond donors (Lipinski definition) is 1. The Balaban J connectivity index is 1.50. The van der Waals surface area contributed by atoms with E-state index in [1.807, 2.05) is 31.2 Å². The monoisotopic (exact) mass is 300 g/mol. The summed E-state index contributed by atoms with van der Waals surface area (Å²) in [5.74, 6) is 0.327. The minimum Gasteiger partial charge on any atom is -0.349 e. The molecule has 1 saturated heterocycles. The molecule has 3 rings (SSSR count). The zero-order valence-corrected chi connectivity index (χ0v) is 13.2. The van der Waals surface area contributed by atoms with E-state index in [-0.39, 0.29) is 11.9 Å². The average molecular weight is 300 g/mol. The van der Waals surface area contributed by atoms with Crippen molar-refractivity contribution in [3.8, 4) is 0 Å². The molecule has 0 bridgehead atoms. The van der Waals surface area contributed by atoms with Crippen LogP contribution in [0.5, 0.6) is 0 Å². The Morgan fingerprint density at radius 3 is 2.41 bits per heavy atom. The third-order valence-corrected chi connectivity index (χ3v) is 4.90. The summed E-state index contributed by atoms with van der Waals surface area (Å²) in [6.07, 6.45) is 5.65. The summed E-state index contributed by atoms with van der Waals surface area (Å²) >= 11 is 0. The molecule has 0 unspecified atom stereocenters. The molecule has 1 aliphatic carbocycles. The first-order valence-corrected chi connectivity index (χ1v) is 8.30. The van der Waals surface area contributed by atoms with E-state index in [1.54, 1.807) is 0 Å². The molecule has 2 fully saturated rings.